The van der Waals surface area contributed by atoms with Crippen LogP contribution in [0.1, 0.15) is 38.8 Å². The standard InChI is InChI=1S/C36H34N2O7/c1-5-45-29-18-11-24(12-19-29)21-30(38-35(40)27-9-7-6-8-10-27)36(41)37-28-16-14-26(15-17-28)31(39)20-13-25-22-32(42-2)34(44-4)33(23-25)43-3/h6-23H,5H2,1-4H3,(H,37,41)(H,38,40)/b20-13+,30-21-. The van der Waals surface area contributed by atoms with Crippen molar-refractivity contribution < 1.29 is 33.3 Å². The van der Waals surface area contributed by atoms with Crippen LogP contribution >= 0.6 is 0 Å². The summed E-state index contributed by atoms with van der Waals surface area (Å²) in [5.41, 5.74) is 2.69. The number of rotatable bonds is 13. The van der Waals surface area contributed by atoms with Crippen molar-refractivity contribution in [2.24, 2.45) is 0 Å². The van der Waals surface area contributed by atoms with Gasteiger partial charge in [-0.15, -0.1) is 0 Å². The fourth-order valence-electron chi connectivity index (χ4n) is 4.32. The van der Waals surface area contributed by atoms with Gasteiger partial charge in [0.05, 0.1) is 27.9 Å². The highest BCUT2D eigenvalue weighted by atomic mass is 16.5. The second-order valence-electron chi connectivity index (χ2n) is 9.57. The summed E-state index contributed by atoms with van der Waals surface area (Å²) in [5.74, 6) is 0.894. The molecule has 0 spiro atoms. The van der Waals surface area contributed by atoms with Gasteiger partial charge in [0.15, 0.2) is 17.3 Å². The van der Waals surface area contributed by atoms with Gasteiger partial charge < -0.3 is 29.6 Å². The van der Waals surface area contributed by atoms with Crippen LogP contribution in [0.5, 0.6) is 23.0 Å². The Morgan fingerprint density at radius 3 is 1.96 bits per heavy atom. The molecule has 0 saturated heterocycles. The lowest BCUT2D eigenvalue weighted by Gasteiger charge is -2.12. The van der Waals surface area contributed by atoms with Gasteiger partial charge in [-0.3, -0.25) is 14.4 Å². The third kappa shape index (κ3) is 8.61. The number of carbonyl (C=O) groups excluding carboxylic acids is 3. The van der Waals surface area contributed by atoms with E-state index in [0.717, 1.165) is 0 Å². The molecule has 0 radical (unpaired) electrons. The van der Waals surface area contributed by atoms with Gasteiger partial charge in [-0.25, -0.2) is 0 Å². The predicted octanol–water partition coefficient (Wildman–Crippen LogP) is 6.42. The van der Waals surface area contributed by atoms with Gasteiger partial charge in [0.1, 0.15) is 11.4 Å². The number of methoxy groups -OCH3 is 3. The Balaban J connectivity index is 1.50. The molecule has 2 amide bonds. The van der Waals surface area contributed by atoms with Crippen molar-refractivity contribution in [2.45, 2.75) is 6.92 Å². The van der Waals surface area contributed by atoms with E-state index < -0.39 is 11.8 Å². The monoisotopic (exact) mass is 606 g/mol. The fraction of sp³-hybridized carbons (Fsp3) is 0.139. The van der Waals surface area contributed by atoms with Gasteiger partial charge in [-0.05, 0) is 90.9 Å². The van der Waals surface area contributed by atoms with Crippen molar-refractivity contribution >= 4 is 35.4 Å². The Labute approximate surface area is 262 Å². The Morgan fingerprint density at radius 1 is 0.733 bits per heavy atom. The summed E-state index contributed by atoms with van der Waals surface area (Å²) >= 11 is 0. The number of ether oxygens (including phenoxy) is 4. The number of hydrogen-bond acceptors (Lipinski definition) is 7. The lowest BCUT2D eigenvalue weighted by atomic mass is 10.1. The van der Waals surface area contributed by atoms with Crippen molar-refractivity contribution in [1.29, 1.82) is 0 Å². The molecular weight excluding hydrogens is 572 g/mol. The first-order valence-corrected chi connectivity index (χ1v) is 14.1. The summed E-state index contributed by atoms with van der Waals surface area (Å²) in [4.78, 5) is 39.2. The largest absolute Gasteiger partial charge is 0.494 e. The molecule has 9 nitrogen and oxygen atoms in total. The molecule has 230 valence electrons. The smallest absolute Gasteiger partial charge is 0.272 e. The van der Waals surface area contributed by atoms with Gasteiger partial charge in [0, 0.05) is 16.8 Å². The minimum atomic E-state index is -0.533. The molecule has 0 fully saturated rings. The molecule has 0 aliphatic rings. The van der Waals surface area contributed by atoms with Crippen LogP contribution < -0.4 is 29.6 Å². The number of anilines is 1. The maximum atomic E-state index is 13.4. The van der Waals surface area contributed by atoms with Gasteiger partial charge >= 0.3 is 0 Å². The zero-order chi connectivity index (χ0) is 32.2. The van der Waals surface area contributed by atoms with Crippen molar-refractivity contribution in [3.05, 3.63) is 125 Å². The van der Waals surface area contributed by atoms with E-state index in [0.29, 0.717) is 57.5 Å². The van der Waals surface area contributed by atoms with Gasteiger partial charge in [0.2, 0.25) is 5.75 Å². The maximum absolute atomic E-state index is 13.4. The van der Waals surface area contributed by atoms with Crippen LogP contribution in [0.4, 0.5) is 5.69 Å². The summed E-state index contributed by atoms with van der Waals surface area (Å²) in [7, 11) is 4.56. The normalized spacial score (nSPS) is 11.1. The first-order chi connectivity index (χ1) is 21.8. The van der Waals surface area contributed by atoms with Crippen LogP contribution in [0.3, 0.4) is 0 Å². The zero-order valence-electron chi connectivity index (χ0n) is 25.5. The minimum Gasteiger partial charge on any atom is -0.494 e. The SMILES string of the molecule is CCOc1ccc(/C=C(\NC(=O)c2ccccc2)C(=O)Nc2ccc(C(=O)/C=C/c3cc(OC)c(OC)c(OC)c3)cc2)cc1. The van der Waals surface area contributed by atoms with E-state index >= 15 is 0 Å². The van der Waals surface area contributed by atoms with Gasteiger partial charge in [-0.2, -0.15) is 0 Å². The number of hydrogen-bond donors (Lipinski definition) is 2. The van der Waals surface area contributed by atoms with E-state index in [-0.39, 0.29) is 11.5 Å². The number of ketones is 1. The van der Waals surface area contributed by atoms with E-state index in [2.05, 4.69) is 10.6 Å². The molecule has 0 bridgehead atoms. The Bertz CT molecular complexity index is 1670. The Kier molecular flexibility index (Phi) is 11.1. The molecule has 4 aromatic carbocycles. The Hall–Kier alpha value is -5.83. The number of nitrogens with one attached hydrogen (secondary N) is 2. The van der Waals surface area contributed by atoms with Crippen LogP contribution in [0.2, 0.25) is 0 Å². The van der Waals surface area contributed by atoms with E-state index in [1.54, 1.807) is 103 Å². The quantitative estimate of drug-likeness (QED) is 0.134. The predicted molar refractivity (Wildman–Crippen MR) is 174 cm³/mol. The molecule has 0 aromatic heterocycles. The van der Waals surface area contributed by atoms with E-state index in [9.17, 15) is 14.4 Å². The highest BCUT2D eigenvalue weighted by Crippen LogP contribution is 2.38. The maximum Gasteiger partial charge on any atom is 0.272 e. The van der Waals surface area contributed by atoms with Crippen LogP contribution in [0.25, 0.3) is 12.2 Å². The van der Waals surface area contributed by atoms with Crippen molar-refractivity contribution in [3.8, 4) is 23.0 Å². The second-order valence-corrected chi connectivity index (χ2v) is 9.57. The first-order valence-electron chi connectivity index (χ1n) is 14.1. The molecule has 0 unspecified atom stereocenters. The molecular formula is C36H34N2O7. The molecule has 0 aliphatic heterocycles. The van der Waals surface area contributed by atoms with Crippen molar-refractivity contribution in [3.63, 3.8) is 0 Å². The van der Waals surface area contributed by atoms with E-state index in [1.165, 1.54) is 27.4 Å². The first kappa shape index (κ1) is 32.1. The number of amides is 2. The van der Waals surface area contributed by atoms with Gasteiger partial charge in [0.25, 0.3) is 11.8 Å². The molecule has 0 heterocycles. The summed E-state index contributed by atoms with van der Waals surface area (Å²) in [6.07, 6.45) is 4.67. The molecule has 0 saturated carbocycles. The number of carbonyl (C=O) groups is 3. The van der Waals surface area contributed by atoms with Crippen LogP contribution in [0, 0.1) is 0 Å². The minimum absolute atomic E-state index is 0.0430. The molecule has 9 heteroatoms. The summed E-state index contributed by atoms with van der Waals surface area (Å²) in [6.45, 7) is 2.43. The lowest BCUT2D eigenvalue weighted by molar-refractivity contribution is -0.113. The van der Waals surface area contributed by atoms with Crippen molar-refractivity contribution in [1.82, 2.24) is 5.32 Å². The average Bonchev–Trinajstić information content (AvgIpc) is 3.07. The summed E-state index contributed by atoms with van der Waals surface area (Å²) < 4.78 is 21.6. The van der Waals surface area contributed by atoms with E-state index in [4.69, 9.17) is 18.9 Å². The van der Waals surface area contributed by atoms with Crippen LogP contribution in [-0.2, 0) is 4.79 Å². The molecule has 0 atom stereocenters. The highest BCUT2D eigenvalue weighted by Gasteiger charge is 2.16. The third-order valence-corrected chi connectivity index (χ3v) is 6.57. The highest BCUT2D eigenvalue weighted by molar-refractivity contribution is 6.11. The summed E-state index contributed by atoms with van der Waals surface area (Å²) in [6, 6.07) is 25.7. The second kappa shape index (κ2) is 15.6. The Morgan fingerprint density at radius 2 is 1.38 bits per heavy atom. The van der Waals surface area contributed by atoms with Crippen LogP contribution in [-0.4, -0.2) is 45.5 Å². The summed E-state index contributed by atoms with van der Waals surface area (Å²) in [5, 5.41) is 5.51. The topological polar surface area (TPSA) is 112 Å². The zero-order valence-corrected chi connectivity index (χ0v) is 25.5. The van der Waals surface area contributed by atoms with E-state index in [1.807, 2.05) is 6.92 Å². The van der Waals surface area contributed by atoms with Crippen LogP contribution in [0.15, 0.2) is 103 Å². The number of allylic oxidation sites excluding steroid dienone is 1. The lowest BCUT2D eigenvalue weighted by Crippen LogP contribution is -2.30. The average molecular weight is 607 g/mol. The fourth-order valence-corrected chi connectivity index (χ4v) is 4.32. The van der Waals surface area contributed by atoms with Gasteiger partial charge in [-0.1, -0.05) is 36.4 Å². The third-order valence-electron chi connectivity index (χ3n) is 6.57. The molecule has 4 rings (SSSR count). The van der Waals surface area contributed by atoms with Crippen molar-refractivity contribution in [2.75, 3.05) is 33.3 Å². The number of benzene rings is 4. The molecule has 2 N–H and O–H groups in total. The molecule has 45 heavy (non-hydrogen) atoms. The molecule has 0 aliphatic carbocycles. The molecule has 4 aromatic rings.